The lowest BCUT2D eigenvalue weighted by Gasteiger charge is -2.38. The molecule has 2 aromatic rings. The number of piperazine rings is 1. The van der Waals surface area contributed by atoms with Crippen molar-refractivity contribution in [1.82, 2.24) is 10.2 Å². The first-order chi connectivity index (χ1) is 13.6. The van der Waals surface area contributed by atoms with E-state index in [4.69, 9.17) is 0 Å². The van der Waals surface area contributed by atoms with E-state index in [1.165, 1.54) is 24.1 Å². The van der Waals surface area contributed by atoms with Crippen LogP contribution in [-0.2, 0) is 0 Å². The average Bonchev–Trinajstić information content (AvgIpc) is 3.58. The highest BCUT2D eigenvalue weighted by Crippen LogP contribution is 2.41. The average molecular weight is 378 g/mol. The van der Waals surface area contributed by atoms with Crippen LogP contribution >= 0.6 is 0 Å². The second-order valence-electron chi connectivity index (χ2n) is 8.36. The minimum Gasteiger partial charge on any atom is -0.369 e. The topological polar surface area (TPSA) is 35.6 Å². The molecular formula is C24H31N3O. The Morgan fingerprint density at radius 1 is 0.929 bits per heavy atom. The zero-order chi connectivity index (χ0) is 19.5. The molecule has 0 radical (unpaired) electrons. The van der Waals surface area contributed by atoms with Crippen LogP contribution in [0.5, 0.6) is 0 Å². The van der Waals surface area contributed by atoms with E-state index in [0.717, 1.165) is 31.7 Å². The number of amides is 1. The standard InChI is InChI=1S/C24H31N3O/c1-18(2)26-14-16-27(17-15-26)22-12-10-21(11-13-22)24(28)25-23(20-8-9-20)19-6-4-3-5-7-19/h3-7,10-13,18,20,23H,8-9,14-17H2,1-2H3,(H,25,28). The molecule has 1 amide bonds. The number of hydrogen-bond donors (Lipinski definition) is 1. The molecule has 0 spiro atoms. The molecule has 2 fully saturated rings. The van der Waals surface area contributed by atoms with Gasteiger partial charge in [-0.2, -0.15) is 0 Å². The van der Waals surface area contributed by atoms with Crippen molar-refractivity contribution < 1.29 is 4.79 Å². The summed E-state index contributed by atoms with van der Waals surface area (Å²) in [7, 11) is 0. The summed E-state index contributed by atoms with van der Waals surface area (Å²) in [5, 5.41) is 3.27. The Labute approximate surface area is 168 Å². The summed E-state index contributed by atoms with van der Waals surface area (Å²) in [6.45, 7) is 8.80. The first-order valence-electron chi connectivity index (χ1n) is 10.6. The van der Waals surface area contributed by atoms with Crippen LogP contribution in [0, 0.1) is 5.92 Å². The van der Waals surface area contributed by atoms with Crippen molar-refractivity contribution in [1.29, 1.82) is 0 Å². The van der Waals surface area contributed by atoms with Crippen LogP contribution in [0.25, 0.3) is 0 Å². The molecule has 2 aliphatic rings. The van der Waals surface area contributed by atoms with Crippen LogP contribution in [0.1, 0.15) is 48.7 Å². The summed E-state index contributed by atoms with van der Waals surface area (Å²) in [5.74, 6) is 0.597. The Hall–Kier alpha value is -2.33. The third-order valence-corrected chi connectivity index (χ3v) is 6.08. The number of nitrogens with one attached hydrogen (secondary N) is 1. The molecule has 148 valence electrons. The molecule has 1 N–H and O–H groups in total. The Bertz CT molecular complexity index is 775. The van der Waals surface area contributed by atoms with Gasteiger partial charge in [0.05, 0.1) is 6.04 Å². The number of benzene rings is 2. The smallest absolute Gasteiger partial charge is 0.251 e. The van der Waals surface area contributed by atoms with E-state index in [2.05, 4.69) is 53.2 Å². The fraction of sp³-hybridized carbons (Fsp3) is 0.458. The fourth-order valence-corrected chi connectivity index (χ4v) is 4.11. The summed E-state index contributed by atoms with van der Waals surface area (Å²) in [6, 6.07) is 19.2. The van der Waals surface area contributed by atoms with Gasteiger partial charge in [-0.3, -0.25) is 9.69 Å². The molecule has 1 heterocycles. The number of anilines is 1. The zero-order valence-corrected chi connectivity index (χ0v) is 17.0. The van der Waals surface area contributed by atoms with Gasteiger partial charge in [0, 0.05) is 43.5 Å². The lowest BCUT2D eigenvalue weighted by molar-refractivity contribution is 0.0931. The molecule has 1 saturated carbocycles. The molecule has 4 rings (SSSR count). The number of rotatable bonds is 6. The largest absolute Gasteiger partial charge is 0.369 e. The van der Waals surface area contributed by atoms with E-state index >= 15 is 0 Å². The van der Waals surface area contributed by atoms with Gasteiger partial charge in [0.2, 0.25) is 0 Å². The maximum atomic E-state index is 12.8. The molecule has 2 aromatic carbocycles. The molecule has 0 aromatic heterocycles. The predicted molar refractivity (Wildman–Crippen MR) is 115 cm³/mol. The van der Waals surface area contributed by atoms with Crippen LogP contribution in [0.4, 0.5) is 5.69 Å². The highest BCUT2D eigenvalue weighted by Gasteiger charge is 2.33. The molecule has 0 bridgehead atoms. The summed E-state index contributed by atoms with van der Waals surface area (Å²) in [4.78, 5) is 17.8. The summed E-state index contributed by atoms with van der Waals surface area (Å²) >= 11 is 0. The van der Waals surface area contributed by atoms with Gasteiger partial charge in [-0.25, -0.2) is 0 Å². The van der Waals surface area contributed by atoms with Crippen molar-refractivity contribution in [2.24, 2.45) is 5.92 Å². The minimum atomic E-state index is 0.0249. The second-order valence-corrected chi connectivity index (χ2v) is 8.36. The van der Waals surface area contributed by atoms with Crippen LogP contribution < -0.4 is 10.2 Å². The van der Waals surface area contributed by atoms with Crippen LogP contribution in [0.3, 0.4) is 0 Å². The number of hydrogen-bond acceptors (Lipinski definition) is 3. The Morgan fingerprint density at radius 3 is 2.14 bits per heavy atom. The molecule has 1 unspecified atom stereocenters. The monoisotopic (exact) mass is 377 g/mol. The van der Waals surface area contributed by atoms with Crippen molar-refractivity contribution in [3.8, 4) is 0 Å². The highest BCUT2D eigenvalue weighted by molar-refractivity contribution is 5.94. The molecule has 4 nitrogen and oxygen atoms in total. The van der Waals surface area contributed by atoms with Gasteiger partial charge in [0.1, 0.15) is 0 Å². The molecule has 4 heteroatoms. The van der Waals surface area contributed by atoms with Crippen molar-refractivity contribution in [2.45, 2.75) is 38.8 Å². The van der Waals surface area contributed by atoms with Crippen molar-refractivity contribution >= 4 is 11.6 Å². The first-order valence-corrected chi connectivity index (χ1v) is 10.6. The summed E-state index contributed by atoms with van der Waals surface area (Å²) in [5.41, 5.74) is 3.16. The zero-order valence-electron chi connectivity index (χ0n) is 17.0. The highest BCUT2D eigenvalue weighted by atomic mass is 16.1. The molecule has 1 atom stereocenters. The molecule has 1 saturated heterocycles. The quantitative estimate of drug-likeness (QED) is 0.823. The van der Waals surface area contributed by atoms with Crippen LogP contribution in [-0.4, -0.2) is 43.0 Å². The van der Waals surface area contributed by atoms with E-state index < -0.39 is 0 Å². The lowest BCUT2D eigenvalue weighted by Crippen LogP contribution is -2.48. The van der Waals surface area contributed by atoms with E-state index in [9.17, 15) is 4.79 Å². The number of nitrogens with zero attached hydrogens (tertiary/aromatic N) is 2. The predicted octanol–water partition coefficient (Wildman–Crippen LogP) is 4.10. The molecule has 28 heavy (non-hydrogen) atoms. The third-order valence-electron chi connectivity index (χ3n) is 6.08. The van der Waals surface area contributed by atoms with E-state index in [1.807, 2.05) is 30.3 Å². The fourth-order valence-electron chi connectivity index (χ4n) is 4.11. The molecular weight excluding hydrogens is 346 g/mol. The number of carbonyl (C=O) groups is 1. The maximum absolute atomic E-state index is 12.8. The van der Waals surface area contributed by atoms with E-state index in [0.29, 0.717) is 12.0 Å². The van der Waals surface area contributed by atoms with Crippen LogP contribution in [0.2, 0.25) is 0 Å². The van der Waals surface area contributed by atoms with Crippen LogP contribution in [0.15, 0.2) is 54.6 Å². The Morgan fingerprint density at radius 2 is 1.57 bits per heavy atom. The first kappa shape index (κ1) is 19.0. The summed E-state index contributed by atoms with van der Waals surface area (Å²) < 4.78 is 0. The van der Waals surface area contributed by atoms with Gasteiger partial charge in [0.25, 0.3) is 5.91 Å². The van der Waals surface area contributed by atoms with Gasteiger partial charge in [0.15, 0.2) is 0 Å². The number of carbonyl (C=O) groups excluding carboxylic acids is 1. The van der Waals surface area contributed by atoms with Gasteiger partial charge < -0.3 is 10.2 Å². The van der Waals surface area contributed by atoms with E-state index in [-0.39, 0.29) is 11.9 Å². The lowest BCUT2D eigenvalue weighted by atomic mass is 10.0. The van der Waals surface area contributed by atoms with Crippen molar-refractivity contribution in [3.63, 3.8) is 0 Å². The van der Waals surface area contributed by atoms with E-state index in [1.54, 1.807) is 0 Å². The third kappa shape index (κ3) is 4.39. The molecule has 1 aliphatic heterocycles. The Kier molecular flexibility index (Phi) is 5.67. The maximum Gasteiger partial charge on any atom is 0.251 e. The SMILES string of the molecule is CC(C)N1CCN(c2ccc(C(=O)NC(c3ccccc3)C3CC3)cc2)CC1. The summed E-state index contributed by atoms with van der Waals surface area (Å²) in [6.07, 6.45) is 2.39. The Balaban J connectivity index is 1.39. The van der Waals surface area contributed by atoms with Gasteiger partial charge >= 0.3 is 0 Å². The van der Waals surface area contributed by atoms with Crippen molar-refractivity contribution in [2.75, 3.05) is 31.1 Å². The van der Waals surface area contributed by atoms with Crippen molar-refractivity contribution in [3.05, 3.63) is 65.7 Å². The second kappa shape index (κ2) is 8.36. The van der Waals surface area contributed by atoms with Gasteiger partial charge in [-0.15, -0.1) is 0 Å². The van der Waals surface area contributed by atoms with Gasteiger partial charge in [-0.05, 0) is 62.4 Å². The molecule has 1 aliphatic carbocycles. The normalized spacial score (nSPS) is 18.9. The minimum absolute atomic E-state index is 0.0249. The van der Waals surface area contributed by atoms with Gasteiger partial charge in [-0.1, -0.05) is 30.3 Å².